The summed E-state index contributed by atoms with van der Waals surface area (Å²) in [6.07, 6.45) is 1.54. The molecule has 8 nitrogen and oxygen atoms in total. The second kappa shape index (κ2) is 8.19. The molecule has 0 aliphatic heterocycles. The lowest BCUT2D eigenvalue weighted by Gasteiger charge is -2.09. The minimum absolute atomic E-state index is 0.0188. The number of aryl methyl sites for hydroxylation is 1. The van der Waals surface area contributed by atoms with Crippen molar-refractivity contribution in [3.05, 3.63) is 91.9 Å². The van der Waals surface area contributed by atoms with Crippen LogP contribution in [-0.2, 0) is 0 Å². The van der Waals surface area contributed by atoms with Crippen LogP contribution in [0.15, 0.2) is 68.6 Å². The van der Waals surface area contributed by atoms with E-state index in [0.29, 0.717) is 11.3 Å². The molecule has 0 aliphatic carbocycles. The smallest absolute Gasteiger partial charge is 0.307 e. The molecule has 156 valence electrons. The molecule has 4 rings (SSSR count). The van der Waals surface area contributed by atoms with Gasteiger partial charge in [-0.1, -0.05) is 22.0 Å². The fourth-order valence-corrected chi connectivity index (χ4v) is 3.78. The molecular formula is C22H17BrN4O4. The van der Waals surface area contributed by atoms with Gasteiger partial charge in [0.05, 0.1) is 16.8 Å². The highest BCUT2D eigenvalue weighted by atomic mass is 79.9. The molecule has 0 saturated heterocycles. The Kier molecular flexibility index (Phi) is 5.43. The molecular weight excluding hydrogens is 464 g/mol. The lowest BCUT2D eigenvalue weighted by atomic mass is 10.2. The zero-order valence-corrected chi connectivity index (χ0v) is 18.2. The number of carbonyl (C=O) groups is 1. The molecule has 0 fully saturated rings. The number of non-ortho nitro benzene ring substituents is 1. The molecule has 0 spiro atoms. The van der Waals surface area contributed by atoms with Gasteiger partial charge in [0.1, 0.15) is 5.58 Å². The molecule has 0 atom stereocenters. The first kappa shape index (κ1) is 20.5. The number of fused-ring (bicyclic) bond motifs is 1. The van der Waals surface area contributed by atoms with Crippen LogP contribution in [0.25, 0.3) is 16.7 Å². The number of nitro groups is 1. The highest BCUT2D eigenvalue weighted by Gasteiger charge is 2.14. The number of nitrogens with one attached hydrogen (secondary N) is 1. The van der Waals surface area contributed by atoms with Crippen molar-refractivity contribution in [3.63, 3.8) is 0 Å². The maximum Gasteiger partial charge on any atom is 0.307 e. The van der Waals surface area contributed by atoms with Gasteiger partial charge in [0.15, 0.2) is 5.76 Å². The number of hydrazone groups is 1. The van der Waals surface area contributed by atoms with Crippen LogP contribution >= 0.6 is 15.9 Å². The van der Waals surface area contributed by atoms with E-state index in [2.05, 4.69) is 26.5 Å². The van der Waals surface area contributed by atoms with E-state index >= 15 is 0 Å². The average Bonchev–Trinajstić information content (AvgIpc) is 3.28. The summed E-state index contributed by atoms with van der Waals surface area (Å²) in [4.78, 5) is 23.0. The van der Waals surface area contributed by atoms with Crippen LogP contribution < -0.4 is 5.43 Å². The van der Waals surface area contributed by atoms with E-state index in [-0.39, 0.29) is 11.4 Å². The summed E-state index contributed by atoms with van der Waals surface area (Å²) in [5, 5.41) is 15.9. The monoisotopic (exact) mass is 480 g/mol. The van der Waals surface area contributed by atoms with E-state index < -0.39 is 10.8 Å². The van der Waals surface area contributed by atoms with Crippen LogP contribution in [0.2, 0.25) is 0 Å². The van der Waals surface area contributed by atoms with Crippen molar-refractivity contribution in [2.45, 2.75) is 13.8 Å². The first-order chi connectivity index (χ1) is 14.8. The van der Waals surface area contributed by atoms with E-state index in [1.807, 2.05) is 36.6 Å². The number of furan rings is 1. The topological polar surface area (TPSA) is 103 Å². The Labute approximate surface area is 185 Å². The van der Waals surface area contributed by atoms with Gasteiger partial charge >= 0.3 is 5.91 Å². The SMILES string of the molecule is Cc1cc(/C=N/NC(=O)c2cc3cc(Br)ccc3o2)c(C)n1-c1cccc([N+](=O)[O-])c1. The molecule has 2 heterocycles. The van der Waals surface area contributed by atoms with Crippen LogP contribution in [-0.4, -0.2) is 21.6 Å². The first-order valence-corrected chi connectivity index (χ1v) is 10.1. The average molecular weight is 481 g/mol. The zero-order valence-electron chi connectivity index (χ0n) is 16.6. The molecule has 0 aliphatic rings. The fourth-order valence-electron chi connectivity index (χ4n) is 3.40. The predicted molar refractivity (Wildman–Crippen MR) is 121 cm³/mol. The highest BCUT2D eigenvalue weighted by Crippen LogP contribution is 2.24. The van der Waals surface area contributed by atoms with Crippen molar-refractivity contribution in [2.75, 3.05) is 0 Å². The molecule has 2 aromatic carbocycles. The Morgan fingerprint density at radius 1 is 1.19 bits per heavy atom. The molecule has 1 N–H and O–H groups in total. The third-order valence-electron chi connectivity index (χ3n) is 4.84. The number of hydrogen-bond acceptors (Lipinski definition) is 5. The molecule has 31 heavy (non-hydrogen) atoms. The normalized spacial score (nSPS) is 11.3. The Balaban J connectivity index is 1.54. The maximum atomic E-state index is 12.4. The maximum absolute atomic E-state index is 12.4. The second-order valence-corrected chi connectivity index (χ2v) is 7.85. The Bertz CT molecular complexity index is 1350. The fraction of sp³-hybridized carbons (Fsp3) is 0.0909. The summed E-state index contributed by atoms with van der Waals surface area (Å²) in [6.45, 7) is 3.78. The Morgan fingerprint density at radius 3 is 2.77 bits per heavy atom. The van der Waals surface area contributed by atoms with Gasteiger partial charge in [0.2, 0.25) is 0 Å². The van der Waals surface area contributed by atoms with Crippen LogP contribution in [0.1, 0.15) is 27.5 Å². The molecule has 0 bridgehead atoms. The van der Waals surface area contributed by atoms with Crippen molar-refractivity contribution in [1.82, 2.24) is 9.99 Å². The van der Waals surface area contributed by atoms with Gasteiger partial charge in [-0.15, -0.1) is 0 Å². The van der Waals surface area contributed by atoms with Crippen molar-refractivity contribution in [3.8, 4) is 5.69 Å². The number of nitro benzene ring substituents is 1. The van der Waals surface area contributed by atoms with E-state index in [1.165, 1.54) is 18.3 Å². The van der Waals surface area contributed by atoms with E-state index in [9.17, 15) is 14.9 Å². The van der Waals surface area contributed by atoms with Gasteiger partial charge in [-0.05, 0) is 50.2 Å². The summed E-state index contributed by atoms with van der Waals surface area (Å²) in [5.74, 6) is -0.302. The second-order valence-electron chi connectivity index (χ2n) is 6.93. The number of halogens is 1. The Morgan fingerprint density at radius 2 is 2.00 bits per heavy atom. The van der Waals surface area contributed by atoms with Gasteiger partial charge in [-0.25, -0.2) is 5.43 Å². The number of aromatic nitrogens is 1. The van der Waals surface area contributed by atoms with Crippen LogP contribution in [0, 0.1) is 24.0 Å². The predicted octanol–water partition coefficient (Wildman–Crippen LogP) is 5.27. The van der Waals surface area contributed by atoms with Crippen LogP contribution in [0.3, 0.4) is 0 Å². The molecule has 2 aromatic heterocycles. The quantitative estimate of drug-likeness (QED) is 0.238. The number of nitrogens with zero attached hydrogens (tertiary/aromatic N) is 3. The number of benzene rings is 2. The molecule has 9 heteroatoms. The number of amides is 1. The van der Waals surface area contributed by atoms with Crippen LogP contribution in [0.5, 0.6) is 0 Å². The molecule has 1 amide bonds. The summed E-state index contributed by atoms with van der Waals surface area (Å²) < 4.78 is 8.35. The number of hydrogen-bond donors (Lipinski definition) is 1. The highest BCUT2D eigenvalue weighted by molar-refractivity contribution is 9.10. The van der Waals surface area contributed by atoms with Crippen molar-refractivity contribution >= 4 is 44.7 Å². The van der Waals surface area contributed by atoms with E-state index in [4.69, 9.17) is 4.42 Å². The lowest BCUT2D eigenvalue weighted by Crippen LogP contribution is -2.16. The van der Waals surface area contributed by atoms with Gasteiger partial charge in [0, 0.05) is 38.9 Å². The standard InChI is InChI=1S/C22H17BrN4O4/c1-13-8-16(14(2)26(13)18-4-3-5-19(11-18)27(29)30)12-24-25-22(28)21-10-15-9-17(23)6-7-20(15)31-21/h3-12H,1-2H3,(H,25,28)/b24-12+. The third kappa shape index (κ3) is 4.13. The summed E-state index contributed by atoms with van der Waals surface area (Å²) in [6, 6.07) is 15.4. The van der Waals surface area contributed by atoms with E-state index in [0.717, 1.165) is 26.8 Å². The summed E-state index contributed by atoms with van der Waals surface area (Å²) in [5.41, 5.74) is 6.28. The van der Waals surface area contributed by atoms with Gasteiger partial charge in [-0.2, -0.15) is 5.10 Å². The minimum Gasteiger partial charge on any atom is -0.451 e. The summed E-state index contributed by atoms with van der Waals surface area (Å²) in [7, 11) is 0. The molecule has 4 aromatic rings. The van der Waals surface area contributed by atoms with E-state index in [1.54, 1.807) is 24.3 Å². The molecule has 0 saturated carbocycles. The van der Waals surface area contributed by atoms with Crippen LogP contribution in [0.4, 0.5) is 5.69 Å². The van der Waals surface area contributed by atoms with Gasteiger partial charge < -0.3 is 8.98 Å². The van der Waals surface area contributed by atoms with Crippen molar-refractivity contribution in [1.29, 1.82) is 0 Å². The lowest BCUT2D eigenvalue weighted by molar-refractivity contribution is -0.384. The minimum atomic E-state index is -0.462. The zero-order chi connectivity index (χ0) is 22.1. The Hall–Kier alpha value is -3.72. The molecule has 0 unspecified atom stereocenters. The van der Waals surface area contributed by atoms with Gasteiger partial charge in [-0.3, -0.25) is 14.9 Å². The van der Waals surface area contributed by atoms with Crippen molar-refractivity contribution in [2.24, 2.45) is 5.10 Å². The number of rotatable bonds is 5. The van der Waals surface area contributed by atoms with Gasteiger partial charge in [0.25, 0.3) is 5.69 Å². The number of carbonyl (C=O) groups excluding carboxylic acids is 1. The largest absolute Gasteiger partial charge is 0.451 e. The third-order valence-corrected chi connectivity index (χ3v) is 5.33. The molecule has 0 radical (unpaired) electrons. The van der Waals surface area contributed by atoms with Crippen molar-refractivity contribution < 1.29 is 14.1 Å². The first-order valence-electron chi connectivity index (χ1n) is 9.30. The summed E-state index contributed by atoms with van der Waals surface area (Å²) >= 11 is 3.39.